The van der Waals surface area contributed by atoms with Gasteiger partial charge in [0.25, 0.3) is 0 Å². The largest absolute Gasteiger partial charge is 0.490 e. The summed E-state index contributed by atoms with van der Waals surface area (Å²) in [4.78, 5) is 14.4. The van der Waals surface area contributed by atoms with Crippen molar-refractivity contribution < 1.29 is 27.8 Å². The van der Waals surface area contributed by atoms with Gasteiger partial charge >= 0.3 is 12.7 Å². The molecule has 2 saturated heterocycles. The van der Waals surface area contributed by atoms with Gasteiger partial charge in [-0.1, -0.05) is 12.1 Å². The Morgan fingerprint density at radius 1 is 1.22 bits per heavy atom. The Labute approximate surface area is 158 Å². The maximum absolute atomic E-state index is 12.5. The second-order valence-corrected chi connectivity index (χ2v) is 8.20. The van der Waals surface area contributed by atoms with E-state index in [0.717, 1.165) is 25.7 Å². The van der Waals surface area contributed by atoms with E-state index >= 15 is 0 Å². The third-order valence-electron chi connectivity index (χ3n) is 4.87. The highest BCUT2D eigenvalue weighted by Gasteiger charge is 2.45. The highest BCUT2D eigenvalue weighted by molar-refractivity contribution is 5.69. The number of hydrogen-bond donors (Lipinski definition) is 0. The number of amides is 1. The minimum Gasteiger partial charge on any atom is -0.490 e. The number of alkyl halides is 2. The van der Waals surface area contributed by atoms with E-state index in [1.165, 1.54) is 0 Å². The number of halogens is 2. The number of ether oxygens (including phenoxy) is 3. The Morgan fingerprint density at radius 3 is 2.48 bits per heavy atom. The Bertz CT molecular complexity index is 648. The van der Waals surface area contributed by atoms with Crippen LogP contribution in [-0.2, 0) is 16.1 Å². The molecule has 150 valence electrons. The molecule has 7 heteroatoms. The lowest BCUT2D eigenvalue weighted by molar-refractivity contribution is -0.137. The minimum absolute atomic E-state index is 0.00699. The molecule has 0 N–H and O–H groups in total. The summed E-state index contributed by atoms with van der Waals surface area (Å²) in [5.74, 6) is 0.639. The molecule has 2 aliphatic heterocycles. The smallest absolute Gasteiger partial charge is 0.410 e. The van der Waals surface area contributed by atoms with Crippen LogP contribution in [0.2, 0.25) is 0 Å². The molecule has 1 amide bonds. The normalized spacial score (nSPS) is 25.0. The zero-order valence-electron chi connectivity index (χ0n) is 16.0. The van der Waals surface area contributed by atoms with Crippen molar-refractivity contribution >= 4 is 6.09 Å². The molecule has 0 saturated carbocycles. The average molecular weight is 383 g/mol. The first kappa shape index (κ1) is 19.9. The predicted octanol–water partition coefficient (Wildman–Crippen LogP) is 4.74. The van der Waals surface area contributed by atoms with Gasteiger partial charge in [-0.2, -0.15) is 8.78 Å². The number of carbonyl (C=O) groups excluding carboxylic acids is 1. The molecule has 0 radical (unpaired) electrons. The van der Waals surface area contributed by atoms with Gasteiger partial charge in [0.15, 0.2) is 0 Å². The molecule has 27 heavy (non-hydrogen) atoms. The van der Waals surface area contributed by atoms with Crippen molar-refractivity contribution in [1.82, 2.24) is 4.90 Å². The molecule has 1 aromatic carbocycles. The van der Waals surface area contributed by atoms with Crippen LogP contribution < -0.4 is 4.74 Å². The highest BCUT2D eigenvalue weighted by atomic mass is 19.3. The number of carbonyl (C=O) groups is 1. The van der Waals surface area contributed by atoms with Gasteiger partial charge in [0.1, 0.15) is 17.5 Å². The zero-order chi connectivity index (χ0) is 19.6. The van der Waals surface area contributed by atoms with E-state index in [9.17, 15) is 13.6 Å². The molecule has 1 aromatic rings. The molecular weight excluding hydrogens is 356 g/mol. The number of benzene rings is 1. The molecular formula is C20H27F2NO4. The lowest BCUT2D eigenvalue weighted by Gasteiger charge is -2.39. The summed E-state index contributed by atoms with van der Waals surface area (Å²) >= 11 is 0. The lowest BCUT2D eigenvalue weighted by Crippen LogP contribution is -2.50. The van der Waals surface area contributed by atoms with Crippen LogP contribution in [0.15, 0.2) is 24.3 Å². The van der Waals surface area contributed by atoms with Gasteiger partial charge in [-0.25, -0.2) is 4.79 Å². The third-order valence-corrected chi connectivity index (χ3v) is 4.87. The quantitative estimate of drug-likeness (QED) is 0.737. The summed E-state index contributed by atoms with van der Waals surface area (Å²) in [5.41, 5.74) is 0.131. The van der Waals surface area contributed by atoms with E-state index in [-0.39, 0.29) is 30.9 Å². The summed E-state index contributed by atoms with van der Waals surface area (Å²) in [5, 5.41) is 0. The topological polar surface area (TPSA) is 48.0 Å². The van der Waals surface area contributed by atoms with Gasteiger partial charge in [-0.15, -0.1) is 0 Å². The van der Waals surface area contributed by atoms with Crippen LogP contribution in [0, 0.1) is 0 Å². The van der Waals surface area contributed by atoms with Crippen molar-refractivity contribution in [3.63, 3.8) is 0 Å². The summed E-state index contributed by atoms with van der Waals surface area (Å²) in [6.07, 6.45) is 3.13. The second-order valence-electron chi connectivity index (χ2n) is 8.20. The van der Waals surface area contributed by atoms with Crippen molar-refractivity contribution in [2.45, 2.75) is 83.5 Å². The third kappa shape index (κ3) is 5.31. The zero-order valence-corrected chi connectivity index (χ0v) is 16.0. The number of hydrogen-bond acceptors (Lipinski definition) is 4. The summed E-state index contributed by atoms with van der Waals surface area (Å²) in [6, 6.07) is 7.27. The van der Waals surface area contributed by atoms with E-state index in [1.807, 2.05) is 31.7 Å². The maximum atomic E-state index is 12.5. The minimum atomic E-state index is -2.79. The number of piperidine rings is 1. The fraction of sp³-hybridized carbons (Fsp3) is 0.650. The summed E-state index contributed by atoms with van der Waals surface area (Å²) in [6.45, 7) is 2.66. The molecule has 2 bridgehead atoms. The van der Waals surface area contributed by atoms with Gasteiger partial charge in [0.05, 0.1) is 6.61 Å². The van der Waals surface area contributed by atoms with Crippen LogP contribution in [-0.4, -0.2) is 41.4 Å². The molecule has 0 aliphatic carbocycles. The monoisotopic (exact) mass is 383 g/mol. The van der Waals surface area contributed by atoms with Crippen molar-refractivity contribution in [2.75, 3.05) is 0 Å². The molecule has 0 spiro atoms. The van der Waals surface area contributed by atoms with E-state index in [4.69, 9.17) is 9.47 Å². The molecule has 2 aliphatic rings. The van der Waals surface area contributed by atoms with Crippen LogP contribution in [0.5, 0.6) is 5.75 Å². The fourth-order valence-corrected chi connectivity index (χ4v) is 3.90. The van der Waals surface area contributed by atoms with E-state index in [2.05, 4.69) is 4.74 Å². The molecule has 0 aromatic heterocycles. The van der Waals surface area contributed by atoms with Gasteiger partial charge in [0, 0.05) is 24.9 Å². The maximum Gasteiger partial charge on any atom is 0.410 e. The van der Waals surface area contributed by atoms with Crippen molar-refractivity contribution in [3.05, 3.63) is 29.8 Å². The second kappa shape index (κ2) is 8.00. The average Bonchev–Trinajstić information content (AvgIpc) is 2.83. The first-order valence-electron chi connectivity index (χ1n) is 9.38. The van der Waals surface area contributed by atoms with Crippen LogP contribution in [0.3, 0.4) is 0 Å². The molecule has 3 rings (SSSR count). The molecule has 2 fully saturated rings. The fourth-order valence-electron chi connectivity index (χ4n) is 3.90. The summed E-state index contributed by atoms with van der Waals surface area (Å²) in [7, 11) is 0. The van der Waals surface area contributed by atoms with Crippen LogP contribution in [0.1, 0.15) is 52.0 Å². The Balaban J connectivity index is 1.59. The van der Waals surface area contributed by atoms with Crippen molar-refractivity contribution in [3.8, 4) is 5.75 Å². The number of fused-ring (bicyclic) bond motifs is 2. The first-order chi connectivity index (χ1) is 12.7. The molecule has 5 nitrogen and oxygen atoms in total. The Kier molecular flexibility index (Phi) is 5.89. The van der Waals surface area contributed by atoms with Gasteiger partial charge in [-0.3, -0.25) is 0 Å². The van der Waals surface area contributed by atoms with Crippen molar-refractivity contribution in [1.29, 1.82) is 0 Å². The van der Waals surface area contributed by atoms with Gasteiger partial charge in [0.2, 0.25) is 0 Å². The summed E-state index contributed by atoms with van der Waals surface area (Å²) < 4.78 is 40.4. The van der Waals surface area contributed by atoms with Crippen LogP contribution in [0.25, 0.3) is 0 Å². The van der Waals surface area contributed by atoms with E-state index < -0.39 is 12.2 Å². The standard InChI is InChI=1S/C20H27F2NO4/c1-20(2,3)27-19(24)23-14-7-8-15(23)11-17(10-14)26-16-6-4-5-13(9-16)12-25-18(21)22/h4-6,9,14-15,17-18H,7-8,10-12H2,1-3H3/t14-,15+,17?. The Morgan fingerprint density at radius 2 is 1.89 bits per heavy atom. The van der Waals surface area contributed by atoms with Gasteiger partial charge in [-0.05, 0) is 51.3 Å². The molecule has 1 unspecified atom stereocenters. The SMILES string of the molecule is CC(C)(C)OC(=O)N1[C@@H]2CC[C@H]1CC(Oc1cccc(COC(F)F)c1)C2. The number of nitrogens with zero attached hydrogens (tertiary/aromatic N) is 1. The molecule has 2 heterocycles. The van der Waals surface area contributed by atoms with Crippen LogP contribution >= 0.6 is 0 Å². The van der Waals surface area contributed by atoms with Crippen LogP contribution in [0.4, 0.5) is 13.6 Å². The number of rotatable bonds is 5. The Hall–Kier alpha value is -1.89. The predicted molar refractivity (Wildman–Crippen MR) is 95.8 cm³/mol. The first-order valence-corrected chi connectivity index (χ1v) is 9.38. The van der Waals surface area contributed by atoms with Crippen molar-refractivity contribution in [2.24, 2.45) is 0 Å². The van der Waals surface area contributed by atoms with E-state index in [0.29, 0.717) is 11.3 Å². The molecule has 3 atom stereocenters. The van der Waals surface area contributed by atoms with E-state index in [1.54, 1.807) is 18.2 Å². The van der Waals surface area contributed by atoms with Gasteiger partial charge < -0.3 is 19.1 Å². The lowest BCUT2D eigenvalue weighted by atomic mass is 10.00. The highest BCUT2D eigenvalue weighted by Crippen LogP contribution is 2.38.